The van der Waals surface area contributed by atoms with Gasteiger partial charge in [-0.1, -0.05) is 17.7 Å². The second-order valence-electron chi connectivity index (χ2n) is 7.10. The number of hydrogen-bond acceptors (Lipinski definition) is 2. The van der Waals surface area contributed by atoms with Gasteiger partial charge in [0.1, 0.15) is 6.54 Å². The molecule has 3 rings (SSSR count). The second-order valence-corrected chi connectivity index (χ2v) is 7.54. The number of rotatable bonds is 4. The molecule has 0 aromatic heterocycles. The minimum Gasteiger partial charge on any atom is -0.435 e. The number of nitrogens with zero attached hydrogens (tertiary/aromatic N) is 2. The third-order valence-corrected chi connectivity index (χ3v) is 5.56. The Morgan fingerprint density at radius 2 is 2.12 bits per heavy atom. The normalized spacial score (nSPS) is 29.4. The minimum absolute atomic E-state index is 0.0104. The monoisotopic (exact) mass is 359 g/mol. The van der Waals surface area contributed by atoms with Gasteiger partial charge in [0.15, 0.2) is 0 Å². The molecule has 2 saturated heterocycles. The molecule has 0 spiro atoms. The highest BCUT2D eigenvalue weighted by Crippen LogP contribution is 2.34. The molecule has 2 heterocycles. The number of carboxylic acid groups (broad SMARTS) is 1. The number of amides is 1. The fourth-order valence-corrected chi connectivity index (χ4v) is 4.08. The minimum atomic E-state index is -2.61. The van der Waals surface area contributed by atoms with E-state index in [-0.39, 0.29) is 23.6 Å². The Labute approximate surface area is 145 Å². The summed E-state index contributed by atoms with van der Waals surface area (Å²) in [6.07, 6.45) is 0.920. The lowest BCUT2D eigenvalue weighted by Gasteiger charge is -2.39. The molecule has 1 N–H and O–H groups in total. The van der Waals surface area contributed by atoms with Crippen molar-refractivity contribution in [2.24, 2.45) is 0 Å². The van der Waals surface area contributed by atoms with Crippen molar-refractivity contribution in [1.29, 1.82) is 0 Å². The van der Waals surface area contributed by atoms with Crippen molar-refractivity contribution in [2.75, 3.05) is 19.6 Å². The summed E-state index contributed by atoms with van der Waals surface area (Å²) in [5.74, 6) is -2.61. The molecule has 2 fully saturated rings. The lowest BCUT2D eigenvalue weighted by Crippen LogP contribution is -2.56. The van der Waals surface area contributed by atoms with Crippen LogP contribution in [0.5, 0.6) is 0 Å². The van der Waals surface area contributed by atoms with Crippen molar-refractivity contribution >= 4 is 17.7 Å². The molecule has 2 atom stereocenters. The van der Waals surface area contributed by atoms with E-state index in [4.69, 9.17) is 11.6 Å². The van der Waals surface area contributed by atoms with E-state index in [0.717, 1.165) is 24.0 Å². The Morgan fingerprint density at radius 1 is 1.42 bits per heavy atom. The molecule has 1 aromatic carbocycles. The van der Waals surface area contributed by atoms with Gasteiger partial charge in [-0.05, 0) is 24.6 Å². The number of quaternary nitrogens is 1. The van der Waals surface area contributed by atoms with Gasteiger partial charge in [0, 0.05) is 30.0 Å². The maximum absolute atomic E-state index is 13.1. The first-order valence-corrected chi connectivity index (χ1v) is 8.57. The molecule has 0 saturated carbocycles. The zero-order chi connectivity index (χ0) is 17.5. The summed E-state index contributed by atoms with van der Waals surface area (Å²) in [6, 6.07) is 5.37. The number of halogens is 3. The molecule has 4 nitrogen and oxygen atoms in total. The largest absolute Gasteiger partial charge is 0.514 e. The lowest BCUT2D eigenvalue weighted by atomic mass is 10.0. The van der Waals surface area contributed by atoms with Gasteiger partial charge in [-0.15, -0.1) is 0 Å². The van der Waals surface area contributed by atoms with Crippen LogP contribution in [0.1, 0.15) is 30.9 Å². The average Bonchev–Trinajstić information content (AvgIpc) is 2.82. The van der Waals surface area contributed by atoms with E-state index < -0.39 is 12.0 Å². The highest BCUT2D eigenvalue weighted by molar-refractivity contribution is 6.30. The number of alkyl halides is 2. The molecule has 2 aliphatic heterocycles. The van der Waals surface area contributed by atoms with E-state index in [2.05, 4.69) is 0 Å². The molecule has 7 heteroatoms. The zero-order valence-corrected chi connectivity index (χ0v) is 14.4. The molecule has 1 amide bonds. The van der Waals surface area contributed by atoms with Crippen molar-refractivity contribution in [2.45, 2.75) is 44.8 Å². The Balaban J connectivity index is 1.84. The first-order chi connectivity index (χ1) is 11.2. The van der Waals surface area contributed by atoms with Crippen molar-refractivity contribution < 1.29 is 23.2 Å². The highest BCUT2D eigenvalue weighted by Gasteiger charge is 2.47. The molecule has 24 heavy (non-hydrogen) atoms. The predicted molar refractivity (Wildman–Crippen MR) is 87.2 cm³/mol. The molecule has 0 radical (unpaired) electrons. The van der Waals surface area contributed by atoms with Gasteiger partial charge >= 0.3 is 6.09 Å². The molecule has 132 valence electrons. The van der Waals surface area contributed by atoms with Crippen LogP contribution in [0.3, 0.4) is 0 Å². The van der Waals surface area contributed by atoms with Gasteiger partial charge in [-0.25, -0.2) is 13.3 Å². The van der Waals surface area contributed by atoms with E-state index in [0.29, 0.717) is 24.7 Å². The van der Waals surface area contributed by atoms with Crippen LogP contribution in [0, 0.1) is 0 Å². The van der Waals surface area contributed by atoms with E-state index in [1.165, 1.54) is 0 Å². The zero-order valence-electron chi connectivity index (χ0n) is 13.6. The molecule has 0 bridgehead atoms. The summed E-state index contributed by atoms with van der Waals surface area (Å²) in [5, 5.41) is 10.3. The van der Waals surface area contributed by atoms with Crippen molar-refractivity contribution in [1.82, 2.24) is 4.90 Å². The van der Waals surface area contributed by atoms with Gasteiger partial charge in [-0.3, -0.25) is 4.90 Å². The Morgan fingerprint density at radius 3 is 2.67 bits per heavy atom. The summed E-state index contributed by atoms with van der Waals surface area (Å²) in [6.45, 7) is 2.80. The van der Waals surface area contributed by atoms with Gasteiger partial charge in [0.05, 0.1) is 25.7 Å². The number of benzene rings is 1. The van der Waals surface area contributed by atoms with Crippen LogP contribution in [-0.4, -0.2) is 52.2 Å². The van der Waals surface area contributed by atoms with Crippen LogP contribution in [0.4, 0.5) is 13.6 Å². The fraction of sp³-hybridized carbons (Fsp3) is 0.588. The summed E-state index contributed by atoms with van der Waals surface area (Å²) in [5.41, 5.74) is 1.72. The summed E-state index contributed by atoms with van der Waals surface area (Å²) in [4.78, 5) is 13.6. The summed E-state index contributed by atoms with van der Waals surface area (Å²) >= 11 is 6.11. The van der Waals surface area contributed by atoms with Crippen molar-refractivity contribution in [3.8, 4) is 0 Å². The SMILES string of the molecule is C[C@@H]1CCC[N+]1(Cc1cc(Cl)ccc1CN1CC(F)(F)C1)C(=O)O. The maximum atomic E-state index is 13.1. The lowest BCUT2D eigenvalue weighted by molar-refractivity contribution is -0.880. The highest BCUT2D eigenvalue weighted by atomic mass is 35.5. The van der Waals surface area contributed by atoms with Crippen LogP contribution in [0.15, 0.2) is 18.2 Å². The smallest absolute Gasteiger partial charge is 0.435 e. The predicted octanol–water partition coefficient (Wildman–Crippen LogP) is 3.97. The Hall–Kier alpha value is -1.24. The standard InChI is InChI=1S/C17H21ClF2N2O2/c1-12-3-2-6-22(12,16(23)24)9-14-7-15(18)5-4-13(14)8-21-10-17(19,20)11-21/h4-5,7,12H,2-3,6,8-11H2,1H3/p+1/t12-,22?/m1/s1. The number of carbonyl (C=O) groups is 1. The van der Waals surface area contributed by atoms with E-state index >= 15 is 0 Å². The fourth-order valence-electron chi connectivity index (χ4n) is 3.88. The maximum Gasteiger partial charge on any atom is 0.514 e. The van der Waals surface area contributed by atoms with E-state index in [1.54, 1.807) is 17.0 Å². The van der Waals surface area contributed by atoms with Gasteiger partial charge in [0.2, 0.25) is 0 Å². The van der Waals surface area contributed by atoms with E-state index in [1.807, 2.05) is 13.0 Å². The van der Waals surface area contributed by atoms with Crippen LogP contribution >= 0.6 is 11.6 Å². The Bertz CT molecular complexity index is 647. The summed E-state index contributed by atoms with van der Waals surface area (Å²) in [7, 11) is 0. The topological polar surface area (TPSA) is 40.5 Å². The number of likely N-dealkylation sites (tertiary alicyclic amines) is 2. The van der Waals surface area contributed by atoms with Crippen molar-refractivity contribution in [3.05, 3.63) is 34.3 Å². The first kappa shape index (κ1) is 17.6. The molecule has 1 aromatic rings. The van der Waals surface area contributed by atoms with Gasteiger partial charge in [-0.2, -0.15) is 4.79 Å². The Kier molecular flexibility index (Phi) is 4.57. The van der Waals surface area contributed by atoms with Gasteiger partial charge < -0.3 is 5.11 Å². The average molecular weight is 360 g/mol. The van der Waals surface area contributed by atoms with Crippen LogP contribution in [0.2, 0.25) is 5.02 Å². The quantitative estimate of drug-likeness (QED) is 0.827. The molecule has 1 unspecified atom stereocenters. The third kappa shape index (κ3) is 3.27. The third-order valence-electron chi connectivity index (χ3n) is 5.33. The molecular weight excluding hydrogens is 338 g/mol. The van der Waals surface area contributed by atoms with Crippen LogP contribution in [-0.2, 0) is 13.1 Å². The van der Waals surface area contributed by atoms with Crippen LogP contribution < -0.4 is 0 Å². The first-order valence-electron chi connectivity index (χ1n) is 8.20. The van der Waals surface area contributed by atoms with Crippen LogP contribution in [0.25, 0.3) is 0 Å². The molecule has 2 aliphatic rings. The number of hydrogen-bond donors (Lipinski definition) is 1. The van der Waals surface area contributed by atoms with Crippen molar-refractivity contribution in [3.63, 3.8) is 0 Å². The molecule has 0 aliphatic carbocycles. The van der Waals surface area contributed by atoms with Gasteiger partial charge in [0.25, 0.3) is 5.92 Å². The van der Waals surface area contributed by atoms with E-state index in [9.17, 15) is 18.7 Å². The second kappa shape index (κ2) is 6.24. The summed E-state index contributed by atoms with van der Waals surface area (Å²) < 4.78 is 26.1. The molecular formula is C17H22ClF2N2O2+.